The Hall–Kier alpha value is -1.00. The zero-order chi connectivity index (χ0) is 14.1. The molecule has 2 nitrogen and oxygen atoms in total. The van der Waals surface area contributed by atoms with Gasteiger partial charge < -0.3 is 10.1 Å². The van der Waals surface area contributed by atoms with Crippen LogP contribution in [0.3, 0.4) is 0 Å². The van der Waals surface area contributed by atoms with Crippen molar-refractivity contribution in [3.8, 4) is 0 Å². The minimum absolute atomic E-state index is 0.0181. The summed E-state index contributed by atoms with van der Waals surface area (Å²) in [6, 6.07) is 3.80. The molecular formula is C16H21F2NO. The predicted molar refractivity (Wildman–Crippen MR) is 73.4 cm³/mol. The number of rotatable bonds is 5. The lowest BCUT2D eigenvalue weighted by atomic mass is 9.81. The van der Waals surface area contributed by atoms with Crippen LogP contribution in [0, 0.1) is 17.6 Å². The van der Waals surface area contributed by atoms with Gasteiger partial charge in [0.2, 0.25) is 0 Å². The van der Waals surface area contributed by atoms with E-state index in [0.29, 0.717) is 17.6 Å². The summed E-state index contributed by atoms with van der Waals surface area (Å²) in [6.07, 6.45) is 4.76. The highest BCUT2D eigenvalue weighted by atomic mass is 19.1. The van der Waals surface area contributed by atoms with Crippen molar-refractivity contribution in [1.29, 1.82) is 0 Å². The van der Waals surface area contributed by atoms with Crippen LogP contribution in [-0.2, 0) is 4.74 Å². The van der Waals surface area contributed by atoms with Crippen LogP contribution < -0.4 is 5.32 Å². The van der Waals surface area contributed by atoms with Gasteiger partial charge in [-0.05, 0) is 49.9 Å². The van der Waals surface area contributed by atoms with Crippen molar-refractivity contribution < 1.29 is 13.5 Å². The van der Waals surface area contributed by atoms with Crippen molar-refractivity contribution in [2.24, 2.45) is 5.92 Å². The molecule has 0 spiro atoms. The van der Waals surface area contributed by atoms with E-state index in [4.69, 9.17) is 4.74 Å². The second-order valence-electron chi connectivity index (χ2n) is 5.91. The fraction of sp³-hybridized carbons (Fsp3) is 0.625. The quantitative estimate of drug-likeness (QED) is 0.891. The maximum absolute atomic E-state index is 13.5. The van der Waals surface area contributed by atoms with Crippen LogP contribution in [0.15, 0.2) is 18.2 Å². The number of hydrogen-bond acceptors (Lipinski definition) is 2. The summed E-state index contributed by atoms with van der Waals surface area (Å²) in [7, 11) is 0. The Kier molecular flexibility index (Phi) is 4.03. The van der Waals surface area contributed by atoms with Gasteiger partial charge in [0, 0.05) is 18.0 Å². The van der Waals surface area contributed by atoms with Crippen molar-refractivity contribution in [3.05, 3.63) is 35.4 Å². The van der Waals surface area contributed by atoms with E-state index in [2.05, 4.69) is 12.2 Å². The standard InChI is InChI=1S/C16H21F2NO/c1-2-5-19-16(10-6-11(17)8-12(18)7-10)14-9-13-3-4-15(14)20-13/h6-8,13-16,19H,2-5,9H2,1H3. The van der Waals surface area contributed by atoms with Crippen LogP contribution in [0.25, 0.3) is 0 Å². The molecule has 2 bridgehead atoms. The maximum atomic E-state index is 13.5. The van der Waals surface area contributed by atoms with Gasteiger partial charge in [-0.1, -0.05) is 6.92 Å². The van der Waals surface area contributed by atoms with E-state index in [1.165, 1.54) is 12.1 Å². The van der Waals surface area contributed by atoms with Gasteiger partial charge in [-0.15, -0.1) is 0 Å². The average molecular weight is 281 g/mol. The molecule has 0 saturated carbocycles. The van der Waals surface area contributed by atoms with Crippen molar-refractivity contribution in [2.45, 2.75) is 50.9 Å². The van der Waals surface area contributed by atoms with E-state index in [9.17, 15) is 8.78 Å². The van der Waals surface area contributed by atoms with Gasteiger partial charge in [-0.25, -0.2) is 8.78 Å². The lowest BCUT2D eigenvalue weighted by molar-refractivity contribution is 0.0856. The third-order valence-electron chi connectivity index (χ3n) is 4.44. The highest BCUT2D eigenvalue weighted by Crippen LogP contribution is 2.44. The van der Waals surface area contributed by atoms with Crippen LogP contribution in [0.2, 0.25) is 0 Å². The Bertz CT molecular complexity index is 459. The first-order chi connectivity index (χ1) is 9.67. The number of fused-ring (bicyclic) bond motifs is 2. The summed E-state index contributed by atoms with van der Waals surface area (Å²) in [5.74, 6) is -0.693. The highest BCUT2D eigenvalue weighted by molar-refractivity contribution is 5.23. The molecule has 4 atom stereocenters. The topological polar surface area (TPSA) is 21.3 Å². The van der Waals surface area contributed by atoms with Gasteiger partial charge in [-0.3, -0.25) is 0 Å². The van der Waals surface area contributed by atoms with Gasteiger partial charge in [-0.2, -0.15) is 0 Å². The first-order valence-electron chi connectivity index (χ1n) is 7.52. The molecule has 2 heterocycles. The van der Waals surface area contributed by atoms with Crippen LogP contribution in [0.1, 0.15) is 44.2 Å². The molecule has 2 saturated heterocycles. The Morgan fingerprint density at radius 3 is 2.55 bits per heavy atom. The average Bonchev–Trinajstić information content (AvgIpc) is 3.00. The molecule has 1 aromatic carbocycles. The molecule has 110 valence electrons. The van der Waals surface area contributed by atoms with Gasteiger partial charge in [0.05, 0.1) is 12.2 Å². The van der Waals surface area contributed by atoms with Crippen LogP contribution >= 0.6 is 0 Å². The summed E-state index contributed by atoms with van der Waals surface area (Å²) in [6.45, 7) is 2.93. The first-order valence-corrected chi connectivity index (χ1v) is 7.52. The minimum Gasteiger partial charge on any atom is -0.375 e. The molecule has 1 aromatic rings. The molecule has 4 unspecified atom stereocenters. The molecule has 0 amide bonds. The number of hydrogen-bond donors (Lipinski definition) is 1. The molecule has 0 aliphatic carbocycles. The number of benzene rings is 1. The molecule has 2 fully saturated rings. The van der Waals surface area contributed by atoms with Gasteiger partial charge >= 0.3 is 0 Å². The summed E-state index contributed by atoms with van der Waals surface area (Å²) in [5, 5.41) is 3.45. The van der Waals surface area contributed by atoms with E-state index in [0.717, 1.165) is 38.3 Å². The third kappa shape index (κ3) is 2.72. The maximum Gasteiger partial charge on any atom is 0.126 e. The summed E-state index contributed by atoms with van der Waals surface area (Å²) >= 11 is 0. The van der Waals surface area contributed by atoms with E-state index < -0.39 is 11.6 Å². The van der Waals surface area contributed by atoms with E-state index >= 15 is 0 Å². The van der Waals surface area contributed by atoms with Gasteiger partial charge in [0.15, 0.2) is 0 Å². The third-order valence-corrected chi connectivity index (χ3v) is 4.44. The number of nitrogens with one attached hydrogen (secondary N) is 1. The Morgan fingerprint density at radius 2 is 2.00 bits per heavy atom. The normalized spacial score (nSPS) is 29.9. The lowest BCUT2D eigenvalue weighted by Crippen LogP contribution is -2.34. The summed E-state index contributed by atoms with van der Waals surface area (Å²) in [5.41, 5.74) is 0.706. The molecule has 2 aliphatic heterocycles. The molecular weight excluding hydrogens is 260 g/mol. The molecule has 0 radical (unpaired) electrons. The van der Waals surface area contributed by atoms with Crippen molar-refractivity contribution in [1.82, 2.24) is 5.32 Å². The smallest absolute Gasteiger partial charge is 0.126 e. The monoisotopic (exact) mass is 281 g/mol. The number of halogens is 2. The van der Waals surface area contributed by atoms with Crippen LogP contribution in [0.5, 0.6) is 0 Å². The second kappa shape index (κ2) is 5.78. The lowest BCUT2D eigenvalue weighted by Gasteiger charge is -2.30. The molecule has 4 heteroatoms. The SMILES string of the molecule is CCCNC(c1cc(F)cc(F)c1)C1CC2CCC1O2. The van der Waals surface area contributed by atoms with E-state index in [-0.39, 0.29) is 12.1 Å². The molecule has 2 aliphatic rings. The summed E-state index contributed by atoms with van der Waals surface area (Å²) in [4.78, 5) is 0. The first kappa shape index (κ1) is 14.0. The Morgan fingerprint density at radius 1 is 1.25 bits per heavy atom. The van der Waals surface area contributed by atoms with Crippen molar-refractivity contribution >= 4 is 0 Å². The Balaban J connectivity index is 1.85. The van der Waals surface area contributed by atoms with Crippen LogP contribution in [0.4, 0.5) is 8.78 Å². The van der Waals surface area contributed by atoms with E-state index in [1.54, 1.807) is 0 Å². The zero-order valence-electron chi connectivity index (χ0n) is 11.7. The predicted octanol–water partition coefficient (Wildman–Crippen LogP) is 3.57. The van der Waals surface area contributed by atoms with Crippen LogP contribution in [-0.4, -0.2) is 18.8 Å². The van der Waals surface area contributed by atoms with Crippen molar-refractivity contribution in [3.63, 3.8) is 0 Å². The second-order valence-corrected chi connectivity index (χ2v) is 5.91. The van der Waals surface area contributed by atoms with Gasteiger partial charge in [0.25, 0.3) is 0 Å². The molecule has 3 rings (SSSR count). The molecule has 0 aromatic heterocycles. The number of ether oxygens (including phenoxy) is 1. The van der Waals surface area contributed by atoms with Crippen molar-refractivity contribution in [2.75, 3.05) is 6.54 Å². The minimum atomic E-state index is -0.507. The van der Waals surface area contributed by atoms with Gasteiger partial charge in [0.1, 0.15) is 11.6 Å². The molecule has 1 N–H and O–H groups in total. The fourth-order valence-electron chi connectivity index (χ4n) is 3.60. The molecule has 20 heavy (non-hydrogen) atoms. The zero-order valence-corrected chi connectivity index (χ0v) is 11.7. The summed E-state index contributed by atoms with van der Waals surface area (Å²) < 4.78 is 32.9. The Labute approximate surface area is 118 Å². The highest BCUT2D eigenvalue weighted by Gasteiger charge is 2.44. The fourth-order valence-corrected chi connectivity index (χ4v) is 3.60. The largest absolute Gasteiger partial charge is 0.375 e. The van der Waals surface area contributed by atoms with E-state index in [1.807, 2.05) is 0 Å².